The smallest absolute Gasteiger partial charge is 0.343 e. The lowest BCUT2D eigenvalue weighted by molar-refractivity contribution is -0.122. The zero-order valence-corrected chi connectivity index (χ0v) is 18.3. The molecule has 5 amide bonds. The van der Waals surface area contributed by atoms with Gasteiger partial charge in [0.05, 0.1) is 17.7 Å². The standard InChI is InChI=1S/C21H20ClN7O4/c22-16-3-4-17(25-24-16)27-9-7-26(8-10-27)12-13-1-2-14-15(11-13)20(32)29(19(14)31)28-6-5-18(30)23-21(28)33/h1-4,11H,5-10,12H2,(H,23,30,33). The van der Waals surface area contributed by atoms with E-state index >= 15 is 0 Å². The van der Waals surface area contributed by atoms with Gasteiger partial charge in [0.2, 0.25) is 5.91 Å². The van der Waals surface area contributed by atoms with Crippen LogP contribution < -0.4 is 10.2 Å². The van der Waals surface area contributed by atoms with E-state index in [2.05, 4.69) is 25.3 Å². The molecule has 0 atom stereocenters. The van der Waals surface area contributed by atoms with Crippen LogP contribution in [0.4, 0.5) is 10.6 Å². The van der Waals surface area contributed by atoms with E-state index in [0.717, 1.165) is 47.6 Å². The summed E-state index contributed by atoms with van der Waals surface area (Å²) in [5, 5.41) is 12.3. The highest BCUT2D eigenvalue weighted by Crippen LogP contribution is 2.27. The van der Waals surface area contributed by atoms with Gasteiger partial charge in [-0.25, -0.2) is 9.80 Å². The molecule has 3 aliphatic rings. The van der Waals surface area contributed by atoms with E-state index < -0.39 is 23.8 Å². The average molecular weight is 470 g/mol. The van der Waals surface area contributed by atoms with Crippen molar-refractivity contribution in [3.05, 3.63) is 52.2 Å². The number of amides is 5. The largest absolute Gasteiger partial charge is 0.353 e. The van der Waals surface area contributed by atoms with E-state index in [9.17, 15) is 19.2 Å². The van der Waals surface area contributed by atoms with Gasteiger partial charge in [-0.2, -0.15) is 5.01 Å². The second-order valence-corrected chi connectivity index (χ2v) is 8.39. The molecule has 2 aromatic rings. The van der Waals surface area contributed by atoms with Gasteiger partial charge >= 0.3 is 6.03 Å². The molecule has 1 N–H and O–H groups in total. The summed E-state index contributed by atoms with van der Waals surface area (Å²) in [6.07, 6.45) is 0.0258. The van der Waals surface area contributed by atoms with Crippen LogP contribution in [-0.2, 0) is 11.3 Å². The molecule has 12 heteroatoms. The van der Waals surface area contributed by atoms with E-state index in [0.29, 0.717) is 11.7 Å². The first-order valence-corrected chi connectivity index (χ1v) is 10.9. The molecule has 0 radical (unpaired) electrons. The van der Waals surface area contributed by atoms with Gasteiger partial charge < -0.3 is 4.90 Å². The number of nitrogens with zero attached hydrogens (tertiary/aromatic N) is 6. The molecule has 1 aromatic heterocycles. The van der Waals surface area contributed by atoms with Crippen molar-refractivity contribution in [1.82, 2.24) is 30.4 Å². The molecule has 3 aliphatic heterocycles. The molecule has 5 rings (SSSR count). The van der Waals surface area contributed by atoms with E-state index in [1.165, 1.54) is 0 Å². The Morgan fingerprint density at radius 2 is 1.64 bits per heavy atom. The summed E-state index contributed by atoms with van der Waals surface area (Å²) < 4.78 is 0. The zero-order valence-electron chi connectivity index (χ0n) is 17.5. The van der Waals surface area contributed by atoms with Gasteiger partial charge in [0.25, 0.3) is 11.8 Å². The predicted octanol–water partition coefficient (Wildman–Crippen LogP) is 0.905. The van der Waals surface area contributed by atoms with E-state index in [1.54, 1.807) is 18.2 Å². The minimum atomic E-state index is -0.774. The molecular formula is C21H20ClN7O4. The minimum Gasteiger partial charge on any atom is -0.353 e. The third-order valence-electron chi connectivity index (χ3n) is 5.92. The molecule has 0 bridgehead atoms. The number of carbonyl (C=O) groups is 4. The van der Waals surface area contributed by atoms with Crippen LogP contribution in [-0.4, -0.2) is 81.6 Å². The normalized spacial score (nSPS) is 19.2. The number of rotatable bonds is 4. The summed E-state index contributed by atoms with van der Waals surface area (Å²) in [6.45, 7) is 3.73. The maximum atomic E-state index is 13.0. The Morgan fingerprint density at radius 1 is 0.879 bits per heavy atom. The van der Waals surface area contributed by atoms with Crippen LogP contribution >= 0.6 is 11.6 Å². The quantitative estimate of drug-likeness (QED) is 0.656. The number of hydrogen-bond donors (Lipinski definition) is 1. The lowest BCUT2D eigenvalue weighted by Crippen LogP contribution is -2.58. The molecule has 4 heterocycles. The summed E-state index contributed by atoms with van der Waals surface area (Å²) in [6, 6.07) is 7.94. The lowest BCUT2D eigenvalue weighted by atomic mass is 10.1. The van der Waals surface area contributed by atoms with Crippen LogP contribution in [0.15, 0.2) is 30.3 Å². The Balaban J connectivity index is 1.25. The predicted molar refractivity (Wildman–Crippen MR) is 116 cm³/mol. The summed E-state index contributed by atoms with van der Waals surface area (Å²) in [5.41, 5.74) is 1.41. The SMILES string of the molecule is O=C1CCN(N2C(=O)c3ccc(CN4CCN(c5ccc(Cl)nn5)CC4)cc3C2=O)C(=O)N1. The van der Waals surface area contributed by atoms with Crippen molar-refractivity contribution in [2.75, 3.05) is 37.6 Å². The molecule has 33 heavy (non-hydrogen) atoms. The number of hydrogen-bond acceptors (Lipinski definition) is 8. The van der Waals surface area contributed by atoms with Crippen molar-refractivity contribution >= 4 is 41.2 Å². The first-order valence-electron chi connectivity index (χ1n) is 10.5. The third-order valence-corrected chi connectivity index (χ3v) is 6.12. The number of benzene rings is 1. The van der Waals surface area contributed by atoms with Gasteiger partial charge in [0.15, 0.2) is 11.0 Å². The molecule has 0 unspecified atom stereocenters. The number of urea groups is 1. The number of nitrogens with one attached hydrogen (secondary N) is 1. The number of carbonyl (C=O) groups excluding carboxylic acids is 4. The van der Waals surface area contributed by atoms with Gasteiger partial charge in [-0.05, 0) is 29.8 Å². The molecule has 0 saturated carbocycles. The number of piperazine rings is 1. The number of imide groups is 2. The van der Waals surface area contributed by atoms with E-state index in [4.69, 9.17) is 11.6 Å². The van der Waals surface area contributed by atoms with Gasteiger partial charge in [-0.15, -0.1) is 10.2 Å². The van der Waals surface area contributed by atoms with Gasteiger partial charge in [0.1, 0.15) is 0 Å². The number of halogens is 1. The topological polar surface area (TPSA) is 119 Å². The molecule has 11 nitrogen and oxygen atoms in total. The highest BCUT2D eigenvalue weighted by molar-refractivity contribution is 6.29. The fourth-order valence-electron chi connectivity index (χ4n) is 4.21. The summed E-state index contributed by atoms with van der Waals surface area (Å²) in [7, 11) is 0. The zero-order chi connectivity index (χ0) is 23.1. The van der Waals surface area contributed by atoms with Crippen molar-refractivity contribution < 1.29 is 19.2 Å². The average Bonchev–Trinajstić information content (AvgIpc) is 3.05. The minimum absolute atomic E-state index is 0.0226. The molecule has 0 aliphatic carbocycles. The maximum Gasteiger partial charge on any atom is 0.343 e. The third kappa shape index (κ3) is 4.00. The molecule has 2 fully saturated rings. The van der Waals surface area contributed by atoms with E-state index in [1.807, 2.05) is 12.1 Å². The number of anilines is 1. The Morgan fingerprint density at radius 3 is 2.33 bits per heavy atom. The molecule has 2 saturated heterocycles. The second kappa shape index (κ2) is 8.41. The second-order valence-electron chi connectivity index (χ2n) is 8.01. The van der Waals surface area contributed by atoms with Crippen molar-refractivity contribution in [3.63, 3.8) is 0 Å². The fourth-order valence-corrected chi connectivity index (χ4v) is 4.31. The highest BCUT2D eigenvalue weighted by Gasteiger charge is 2.43. The highest BCUT2D eigenvalue weighted by atomic mass is 35.5. The molecular weight excluding hydrogens is 450 g/mol. The van der Waals surface area contributed by atoms with Crippen LogP contribution in [0.1, 0.15) is 32.7 Å². The van der Waals surface area contributed by atoms with Gasteiger partial charge in [0, 0.05) is 39.1 Å². The number of hydrazine groups is 1. The summed E-state index contributed by atoms with van der Waals surface area (Å²) in [5.74, 6) is -0.779. The van der Waals surface area contributed by atoms with E-state index in [-0.39, 0.29) is 24.1 Å². The summed E-state index contributed by atoms with van der Waals surface area (Å²) >= 11 is 5.81. The monoisotopic (exact) mass is 469 g/mol. The van der Waals surface area contributed by atoms with Crippen LogP contribution in [0.25, 0.3) is 0 Å². The summed E-state index contributed by atoms with van der Waals surface area (Å²) in [4.78, 5) is 53.7. The maximum absolute atomic E-state index is 13.0. The van der Waals surface area contributed by atoms with Crippen LogP contribution in [0.5, 0.6) is 0 Å². The van der Waals surface area contributed by atoms with Crippen LogP contribution in [0, 0.1) is 0 Å². The van der Waals surface area contributed by atoms with Crippen molar-refractivity contribution in [1.29, 1.82) is 0 Å². The van der Waals surface area contributed by atoms with Crippen LogP contribution in [0.2, 0.25) is 5.15 Å². The first-order chi connectivity index (χ1) is 15.9. The van der Waals surface area contributed by atoms with Crippen molar-refractivity contribution in [2.24, 2.45) is 0 Å². The molecule has 170 valence electrons. The molecule has 1 aromatic carbocycles. The lowest BCUT2D eigenvalue weighted by Gasteiger charge is -2.35. The van der Waals surface area contributed by atoms with Crippen molar-refractivity contribution in [3.8, 4) is 0 Å². The van der Waals surface area contributed by atoms with Crippen LogP contribution in [0.3, 0.4) is 0 Å². The number of aromatic nitrogens is 2. The Kier molecular flexibility index (Phi) is 5.43. The van der Waals surface area contributed by atoms with Gasteiger partial charge in [-0.3, -0.25) is 24.6 Å². The fraction of sp³-hybridized carbons (Fsp3) is 0.333. The molecule has 0 spiro atoms. The van der Waals surface area contributed by atoms with Gasteiger partial charge in [-0.1, -0.05) is 17.7 Å². The number of fused-ring (bicyclic) bond motifs is 1. The Bertz CT molecular complexity index is 1150. The Hall–Kier alpha value is -3.57. The first kappa shape index (κ1) is 21.3. The van der Waals surface area contributed by atoms with Crippen molar-refractivity contribution in [2.45, 2.75) is 13.0 Å². The Labute approximate surface area is 193 Å².